The quantitative estimate of drug-likeness (QED) is 0.352. The summed E-state index contributed by atoms with van der Waals surface area (Å²) in [5, 5.41) is 9.78. The van der Waals surface area contributed by atoms with Crippen LogP contribution < -0.4 is 9.64 Å². The number of rotatable bonds is 10. The Morgan fingerprint density at radius 2 is 2.07 bits per heavy atom. The van der Waals surface area contributed by atoms with E-state index in [2.05, 4.69) is 22.2 Å². The van der Waals surface area contributed by atoms with Crippen molar-refractivity contribution in [1.29, 1.82) is 5.26 Å². The number of aromatic nitrogens is 2. The second kappa shape index (κ2) is 10.5. The number of carbonyl (C=O) groups excluding carboxylic acids is 1. The molecule has 0 radical (unpaired) electrons. The van der Waals surface area contributed by atoms with Gasteiger partial charge in [0.15, 0.2) is 5.16 Å². The first-order valence-corrected chi connectivity index (χ1v) is 10.8. The minimum Gasteiger partial charge on any atom is -0.494 e. The Morgan fingerprint density at radius 1 is 1.30 bits per heavy atom. The lowest BCUT2D eigenvalue weighted by Crippen LogP contribution is -2.33. The van der Waals surface area contributed by atoms with Gasteiger partial charge in [-0.2, -0.15) is 5.26 Å². The lowest BCUT2D eigenvalue weighted by Gasteiger charge is -2.22. The summed E-state index contributed by atoms with van der Waals surface area (Å²) in [6, 6.07) is 17.4. The number of hydrogen-bond acceptors (Lipinski definition) is 5. The van der Waals surface area contributed by atoms with Crippen LogP contribution in [0, 0.1) is 11.3 Å². The van der Waals surface area contributed by atoms with E-state index in [-0.39, 0.29) is 18.1 Å². The standard InChI is InChI=1S/C23H24N4O2S/c1-3-15-27-21-9-6-5-8-20(21)25-23(27)30-17-22(28)26(16-7-14-24)18-10-12-19(13-11-18)29-4-2/h3,5-6,8-13H,1,4,7,15-17H2,2H3. The summed E-state index contributed by atoms with van der Waals surface area (Å²) < 4.78 is 7.53. The summed E-state index contributed by atoms with van der Waals surface area (Å²) in [6.07, 6.45) is 2.08. The van der Waals surface area contributed by atoms with Crippen molar-refractivity contribution in [2.24, 2.45) is 0 Å². The maximum atomic E-state index is 13.0. The minimum atomic E-state index is -0.0726. The van der Waals surface area contributed by atoms with E-state index in [0.29, 0.717) is 19.7 Å². The van der Waals surface area contributed by atoms with E-state index in [1.54, 1.807) is 4.90 Å². The molecule has 0 atom stereocenters. The number of amides is 1. The van der Waals surface area contributed by atoms with Gasteiger partial charge in [0.05, 0.1) is 35.9 Å². The van der Waals surface area contributed by atoms with E-state index in [9.17, 15) is 4.79 Å². The molecular weight excluding hydrogens is 396 g/mol. The molecule has 0 bridgehead atoms. The van der Waals surface area contributed by atoms with Crippen molar-refractivity contribution in [1.82, 2.24) is 9.55 Å². The lowest BCUT2D eigenvalue weighted by molar-refractivity contribution is -0.116. The summed E-state index contributed by atoms with van der Waals surface area (Å²) >= 11 is 1.39. The average Bonchev–Trinajstić information content (AvgIpc) is 3.11. The van der Waals surface area contributed by atoms with Gasteiger partial charge in [-0.25, -0.2) is 4.98 Å². The van der Waals surface area contributed by atoms with Crippen LogP contribution in [0.15, 0.2) is 66.3 Å². The third-order valence-electron chi connectivity index (χ3n) is 4.46. The number of allylic oxidation sites excluding steroid dienone is 1. The largest absolute Gasteiger partial charge is 0.494 e. The monoisotopic (exact) mass is 420 g/mol. The molecule has 0 unspecified atom stereocenters. The van der Waals surface area contributed by atoms with Crippen molar-refractivity contribution in [3.05, 3.63) is 61.2 Å². The Labute approximate surface area is 180 Å². The normalized spacial score (nSPS) is 10.5. The maximum absolute atomic E-state index is 13.0. The number of thioether (sulfide) groups is 1. The summed E-state index contributed by atoms with van der Waals surface area (Å²) in [5.41, 5.74) is 2.65. The Balaban J connectivity index is 1.77. The molecule has 2 aromatic carbocycles. The number of benzene rings is 2. The van der Waals surface area contributed by atoms with Gasteiger partial charge in [0, 0.05) is 18.8 Å². The summed E-state index contributed by atoms with van der Waals surface area (Å²) in [6.45, 7) is 7.29. The maximum Gasteiger partial charge on any atom is 0.237 e. The zero-order chi connectivity index (χ0) is 21.3. The smallest absolute Gasteiger partial charge is 0.237 e. The van der Waals surface area contributed by atoms with Gasteiger partial charge in [-0.05, 0) is 43.3 Å². The molecule has 0 spiro atoms. The number of ether oxygens (including phenoxy) is 1. The topological polar surface area (TPSA) is 71.2 Å². The average molecular weight is 421 g/mol. The molecule has 0 saturated carbocycles. The molecule has 0 aliphatic rings. The highest BCUT2D eigenvalue weighted by Crippen LogP contribution is 2.26. The molecule has 1 aromatic heterocycles. The first-order chi connectivity index (χ1) is 14.7. The van der Waals surface area contributed by atoms with E-state index in [1.165, 1.54) is 11.8 Å². The molecule has 1 amide bonds. The van der Waals surface area contributed by atoms with Crippen LogP contribution in [0.5, 0.6) is 5.75 Å². The van der Waals surface area contributed by atoms with Gasteiger partial charge in [0.2, 0.25) is 5.91 Å². The fraction of sp³-hybridized carbons (Fsp3) is 0.261. The summed E-state index contributed by atoms with van der Waals surface area (Å²) in [7, 11) is 0. The molecule has 0 N–H and O–H groups in total. The molecule has 3 aromatic rings. The molecule has 0 saturated heterocycles. The van der Waals surface area contributed by atoms with E-state index in [4.69, 9.17) is 10.00 Å². The van der Waals surface area contributed by atoms with E-state index >= 15 is 0 Å². The number of nitrogens with zero attached hydrogens (tertiary/aromatic N) is 4. The second-order valence-corrected chi connectivity index (χ2v) is 7.39. The predicted molar refractivity (Wildman–Crippen MR) is 121 cm³/mol. The Hall–Kier alpha value is -3.24. The van der Waals surface area contributed by atoms with Gasteiger partial charge in [0.25, 0.3) is 0 Å². The van der Waals surface area contributed by atoms with Crippen LogP contribution in [0.2, 0.25) is 0 Å². The van der Waals surface area contributed by atoms with Crippen molar-refractivity contribution in [3.63, 3.8) is 0 Å². The van der Waals surface area contributed by atoms with Crippen LogP contribution in [0.25, 0.3) is 11.0 Å². The number of anilines is 1. The highest BCUT2D eigenvalue weighted by molar-refractivity contribution is 7.99. The fourth-order valence-electron chi connectivity index (χ4n) is 3.12. The van der Waals surface area contributed by atoms with E-state index in [0.717, 1.165) is 27.6 Å². The zero-order valence-electron chi connectivity index (χ0n) is 17.0. The van der Waals surface area contributed by atoms with Crippen LogP contribution in [-0.2, 0) is 11.3 Å². The molecule has 3 rings (SSSR count). The number of carbonyl (C=O) groups is 1. The molecule has 30 heavy (non-hydrogen) atoms. The van der Waals surface area contributed by atoms with Crippen molar-refractivity contribution >= 4 is 34.4 Å². The van der Waals surface area contributed by atoms with Crippen molar-refractivity contribution in [3.8, 4) is 11.8 Å². The minimum absolute atomic E-state index is 0.0726. The summed E-state index contributed by atoms with van der Waals surface area (Å²) in [5.74, 6) is 0.900. The third kappa shape index (κ3) is 5.02. The number of imidazole rings is 1. The number of hydrogen-bond donors (Lipinski definition) is 0. The van der Waals surface area contributed by atoms with E-state index in [1.807, 2.05) is 61.5 Å². The van der Waals surface area contributed by atoms with Crippen LogP contribution in [0.3, 0.4) is 0 Å². The molecule has 0 aliphatic heterocycles. The first-order valence-electron chi connectivity index (χ1n) is 9.77. The van der Waals surface area contributed by atoms with Gasteiger partial charge in [-0.3, -0.25) is 4.79 Å². The predicted octanol–water partition coefficient (Wildman–Crippen LogP) is 4.66. The van der Waals surface area contributed by atoms with Crippen LogP contribution >= 0.6 is 11.8 Å². The van der Waals surface area contributed by atoms with Gasteiger partial charge in [-0.1, -0.05) is 30.0 Å². The molecular formula is C23H24N4O2S. The second-order valence-electron chi connectivity index (χ2n) is 6.45. The van der Waals surface area contributed by atoms with E-state index < -0.39 is 0 Å². The molecule has 0 aliphatic carbocycles. The number of nitriles is 1. The summed E-state index contributed by atoms with van der Waals surface area (Å²) in [4.78, 5) is 19.3. The first kappa shape index (κ1) is 21.5. The Kier molecular flexibility index (Phi) is 7.52. The van der Waals surface area contributed by atoms with Gasteiger partial charge >= 0.3 is 0 Å². The zero-order valence-corrected chi connectivity index (χ0v) is 17.8. The van der Waals surface area contributed by atoms with Crippen LogP contribution in [0.4, 0.5) is 5.69 Å². The molecule has 1 heterocycles. The molecule has 7 heteroatoms. The highest BCUT2D eigenvalue weighted by atomic mass is 32.2. The Morgan fingerprint density at radius 3 is 2.77 bits per heavy atom. The van der Waals surface area contributed by atoms with Crippen LogP contribution in [-0.4, -0.2) is 34.4 Å². The van der Waals surface area contributed by atoms with Crippen molar-refractivity contribution in [2.75, 3.05) is 23.8 Å². The molecule has 154 valence electrons. The van der Waals surface area contributed by atoms with Gasteiger partial charge < -0.3 is 14.2 Å². The number of para-hydroxylation sites is 2. The lowest BCUT2D eigenvalue weighted by atomic mass is 10.2. The fourth-order valence-corrected chi connectivity index (χ4v) is 4.02. The van der Waals surface area contributed by atoms with Gasteiger partial charge in [0.1, 0.15) is 5.75 Å². The highest BCUT2D eigenvalue weighted by Gasteiger charge is 2.18. The SMILES string of the molecule is C=CCn1c(SCC(=O)N(CCC#N)c2ccc(OCC)cc2)nc2ccccc21. The number of fused-ring (bicyclic) bond motifs is 1. The van der Waals surface area contributed by atoms with Gasteiger partial charge in [-0.15, -0.1) is 6.58 Å². The van der Waals surface area contributed by atoms with Crippen LogP contribution in [0.1, 0.15) is 13.3 Å². The molecule has 0 fully saturated rings. The molecule has 6 nitrogen and oxygen atoms in total. The third-order valence-corrected chi connectivity index (χ3v) is 5.42. The van der Waals surface area contributed by atoms with Crippen molar-refractivity contribution in [2.45, 2.75) is 25.0 Å². The Bertz CT molecular complexity index is 1050. The van der Waals surface area contributed by atoms with Crippen molar-refractivity contribution < 1.29 is 9.53 Å².